The highest BCUT2D eigenvalue weighted by molar-refractivity contribution is 9.10. The summed E-state index contributed by atoms with van der Waals surface area (Å²) in [7, 11) is 0. The molecule has 1 amide bonds. The first-order valence-corrected chi connectivity index (χ1v) is 7.93. The lowest BCUT2D eigenvalue weighted by molar-refractivity contribution is -0.136. The fourth-order valence-corrected chi connectivity index (χ4v) is 2.50. The molecule has 0 radical (unpaired) electrons. The molecule has 0 saturated carbocycles. The quantitative estimate of drug-likeness (QED) is 0.631. The predicted molar refractivity (Wildman–Crippen MR) is 91.1 cm³/mol. The highest BCUT2D eigenvalue weighted by Crippen LogP contribution is 2.34. The molecular weight excluding hydrogens is 399 g/mol. The van der Waals surface area contributed by atoms with E-state index >= 15 is 0 Å². The van der Waals surface area contributed by atoms with E-state index in [9.17, 15) is 18.0 Å². The van der Waals surface area contributed by atoms with Gasteiger partial charge in [0.1, 0.15) is 5.69 Å². The Bertz CT molecular complexity index is 904. The molecule has 0 spiro atoms. The smallest absolute Gasteiger partial charge is 0.320 e. The Balaban J connectivity index is 1.83. The zero-order chi connectivity index (χ0) is 18.0. The average molecular weight is 410 g/mol. The van der Waals surface area contributed by atoms with Crippen LogP contribution in [-0.2, 0) is 6.18 Å². The first kappa shape index (κ1) is 17.2. The fraction of sp³-hybridized carbons (Fsp3) is 0.0588. The summed E-state index contributed by atoms with van der Waals surface area (Å²) in [5.74, 6) is -0.701. The standard InChI is InChI=1S/C17H11BrF3N3O/c18-11-7-5-10(6-8-11)14-9-15(24-23-14)16(25)22-13-4-2-1-3-12(13)17(19,20)21/h1-9H,(H,22,25)(H,23,24). The Morgan fingerprint density at radius 2 is 1.76 bits per heavy atom. The molecule has 0 fully saturated rings. The van der Waals surface area contributed by atoms with E-state index in [1.807, 2.05) is 12.1 Å². The van der Waals surface area contributed by atoms with Gasteiger partial charge in [0.05, 0.1) is 16.9 Å². The topological polar surface area (TPSA) is 57.8 Å². The Morgan fingerprint density at radius 3 is 2.44 bits per heavy atom. The van der Waals surface area contributed by atoms with Crippen molar-refractivity contribution in [2.75, 3.05) is 5.32 Å². The molecule has 3 aromatic rings. The summed E-state index contributed by atoms with van der Waals surface area (Å²) >= 11 is 3.32. The van der Waals surface area contributed by atoms with Crippen LogP contribution in [0.2, 0.25) is 0 Å². The van der Waals surface area contributed by atoms with Crippen LogP contribution in [0.3, 0.4) is 0 Å². The molecular formula is C17H11BrF3N3O. The van der Waals surface area contributed by atoms with Crippen molar-refractivity contribution in [1.29, 1.82) is 0 Å². The summed E-state index contributed by atoms with van der Waals surface area (Å²) in [4.78, 5) is 12.2. The molecule has 8 heteroatoms. The van der Waals surface area contributed by atoms with E-state index in [0.717, 1.165) is 16.1 Å². The molecule has 2 N–H and O–H groups in total. The van der Waals surface area contributed by atoms with Crippen molar-refractivity contribution >= 4 is 27.5 Å². The van der Waals surface area contributed by atoms with Crippen LogP contribution in [0.15, 0.2) is 59.1 Å². The van der Waals surface area contributed by atoms with E-state index in [1.165, 1.54) is 24.3 Å². The van der Waals surface area contributed by atoms with E-state index in [0.29, 0.717) is 5.69 Å². The van der Waals surface area contributed by atoms with Gasteiger partial charge in [-0.25, -0.2) is 0 Å². The third-order valence-electron chi connectivity index (χ3n) is 3.44. The minimum atomic E-state index is -4.56. The lowest BCUT2D eigenvalue weighted by Crippen LogP contribution is -2.16. The Morgan fingerprint density at radius 1 is 1.08 bits per heavy atom. The number of anilines is 1. The monoisotopic (exact) mass is 409 g/mol. The lowest BCUT2D eigenvalue weighted by atomic mass is 10.1. The van der Waals surface area contributed by atoms with Crippen LogP contribution in [0.25, 0.3) is 11.3 Å². The molecule has 0 aliphatic rings. The Labute approximate surface area is 149 Å². The van der Waals surface area contributed by atoms with Gasteiger partial charge >= 0.3 is 6.18 Å². The van der Waals surface area contributed by atoms with Gasteiger partial charge in [-0.2, -0.15) is 18.3 Å². The van der Waals surface area contributed by atoms with E-state index in [4.69, 9.17) is 0 Å². The molecule has 0 bridgehead atoms. The van der Waals surface area contributed by atoms with Crippen molar-refractivity contribution in [2.24, 2.45) is 0 Å². The van der Waals surface area contributed by atoms with Crippen molar-refractivity contribution < 1.29 is 18.0 Å². The number of hydrogen-bond donors (Lipinski definition) is 2. The maximum atomic E-state index is 13.0. The molecule has 0 saturated heterocycles. The van der Waals surface area contributed by atoms with Gasteiger partial charge in [0.25, 0.3) is 5.91 Å². The number of carbonyl (C=O) groups is 1. The zero-order valence-electron chi connectivity index (χ0n) is 12.6. The van der Waals surface area contributed by atoms with E-state index < -0.39 is 17.6 Å². The normalized spacial score (nSPS) is 11.4. The van der Waals surface area contributed by atoms with Crippen LogP contribution >= 0.6 is 15.9 Å². The molecule has 25 heavy (non-hydrogen) atoms. The average Bonchev–Trinajstić information content (AvgIpc) is 3.05. The molecule has 0 aliphatic heterocycles. The summed E-state index contributed by atoms with van der Waals surface area (Å²) < 4.78 is 39.8. The molecule has 0 atom stereocenters. The van der Waals surface area contributed by atoms with E-state index in [2.05, 4.69) is 31.4 Å². The third kappa shape index (κ3) is 3.90. The maximum absolute atomic E-state index is 13.0. The van der Waals surface area contributed by atoms with Gasteiger partial charge < -0.3 is 5.32 Å². The van der Waals surface area contributed by atoms with Crippen molar-refractivity contribution in [1.82, 2.24) is 10.2 Å². The van der Waals surface area contributed by atoms with Gasteiger partial charge in [-0.1, -0.05) is 40.2 Å². The second-order valence-electron chi connectivity index (χ2n) is 5.17. The first-order chi connectivity index (χ1) is 11.8. The van der Waals surface area contributed by atoms with Crippen molar-refractivity contribution in [3.63, 3.8) is 0 Å². The molecule has 4 nitrogen and oxygen atoms in total. The number of para-hydroxylation sites is 1. The maximum Gasteiger partial charge on any atom is 0.418 e. The van der Waals surface area contributed by atoms with Gasteiger partial charge in [0, 0.05) is 10.0 Å². The number of rotatable bonds is 3. The molecule has 2 aromatic carbocycles. The van der Waals surface area contributed by atoms with E-state index in [1.54, 1.807) is 12.1 Å². The summed E-state index contributed by atoms with van der Waals surface area (Å²) in [6, 6.07) is 13.5. The van der Waals surface area contributed by atoms with Crippen LogP contribution in [0.5, 0.6) is 0 Å². The number of amides is 1. The SMILES string of the molecule is O=C(Nc1ccccc1C(F)(F)F)c1cc(-c2ccc(Br)cc2)n[nH]1. The van der Waals surface area contributed by atoms with Gasteiger partial charge in [-0.15, -0.1) is 0 Å². The molecule has 0 aliphatic carbocycles. The number of hydrogen-bond acceptors (Lipinski definition) is 2. The highest BCUT2D eigenvalue weighted by Gasteiger charge is 2.33. The number of halogens is 4. The molecule has 1 aromatic heterocycles. The lowest BCUT2D eigenvalue weighted by Gasteiger charge is -2.12. The summed E-state index contributed by atoms with van der Waals surface area (Å²) in [5, 5.41) is 8.84. The zero-order valence-corrected chi connectivity index (χ0v) is 14.1. The van der Waals surface area contributed by atoms with Crippen LogP contribution < -0.4 is 5.32 Å². The Kier molecular flexibility index (Phi) is 4.63. The van der Waals surface area contributed by atoms with Gasteiger partial charge in [0.2, 0.25) is 0 Å². The van der Waals surface area contributed by atoms with Crippen LogP contribution in [0.1, 0.15) is 16.1 Å². The van der Waals surface area contributed by atoms with Gasteiger partial charge in [0.15, 0.2) is 0 Å². The van der Waals surface area contributed by atoms with Gasteiger partial charge in [-0.05, 0) is 30.3 Å². The summed E-state index contributed by atoms with van der Waals surface area (Å²) in [5.41, 5.74) is 0.140. The highest BCUT2D eigenvalue weighted by atomic mass is 79.9. The summed E-state index contributed by atoms with van der Waals surface area (Å²) in [6.45, 7) is 0. The number of alkyl halides is 3. The fourth-order valence-electron chi connectivity index (χ4n) is 2.24. The number of nitrogens with one attached hydrogen (secondary N) is 2. The Hall–Kier alpha value is -2.61. The van der Waals surface area contributed by atoms with Crippen LogP contribution in [-0.4, -0.2) is 16.1 Å². The number of nitrogens with zero attached hydrogens (tertiary/aromatic N) is 1. The molecule has 0 unspecified atom stereocenters. The first-order valence-electron chi connectivity index (χ1n) is 7.13. The number of aromatic amines is 1. The molecule has 3 rings (SSSR count). The van der Waals surface area contributed by atoms with Crippen LogP contribution in [0.4, 0.5) is 18.9 Å². The largest absolute Gasteiger partial charge is 0.418 e. The number of benzene rings is 2. The molecule has 1 heterocycles. The van der Waals surface area contributed by atoms with E-state index in [-0.39, 0.29) is 11.4 Å². The number of H-pyrrole nitrogens is 1. The number of carbonyl (C=O) groups excluding carboxylic acids is 1. The van der Waals surface area contributed by atoms with Crippen molar-refractivity contribution in [3.05, 3.63) is 70.3 Å². The van der Waals surface area contributed by atoms with Crippen LogP contribution in [0, 0.1) is 0 Å². The van der Waals surface area contributed by atoms with Crippen molar-refractivity contribution in [2.45, 2.75) is 6.18 Å². The third-order valence-corrected chi connectivity index (χ3v) is 3.97. The summed E-state index contributed by atoms with van der Waals surface area (Å²) in [6.07, 6.45) is -4.56. The van der Waals surface area contributed by atoms with Gasteiger partial charge in [-0.3, -0.25) is 9.89 Å². The number of aromatic nitrogens is 2. The second-order valence-corrected chi connectivity index (χ2v) is 6.09. The molecule has 128 valence electrons. The predicted octanol–water partition coefficient (Wildman–Crippen LogP) is 5.11. The minimum absolute atomic E-state index is 0.0647. The second kappa shape index (κ2) is 6.72. The minimum Gasteiger partial charge on any atom is -0.320 e. The van der Waals surface area contributed by atoms with Crippen molar-refractivity contribution in [3.8, 4) is 11.3 Å².